The molecule has 5 heterocycles. The fraction of sp³-hybridized carbons (Fsp3) is 0.615. The lowest BCUT2D eigenvalue weighted by molar-refractivity contribution is -0.169. The number of carbonyl (C=O) groups is 1. The molecule has 15 heteroatoms. The highest BCUT2D eigenvalue weighted by molar-refractivity contribution is 6.12. The summed E-state index contributed by atoms with van der Waals surface area (Å²) in [5, 5.41) is 11.1. The van der Waals surface area contributed by atoms with Crippen molar-refractivity contribution in [2.75, 3.05) is 48.4 Å². The summed E-state index contributed by atoms with van der Waals surface area (Å²) in [6.07, 6.45) is -1.12. The van der Waals surface area contributed by atoms with Gasteiger partial charge in [0.25, 0.3) is 6.02 Å². The average Bonchev–Trinajstić information content (AvgIpc) is 3.49. The van der Waals surface area contributed by atoms with Crippen LogP contribution < -0.4 is 15.1 Å². The molecule has 1 atom stereocenters. The van der Waals surface area contributed by atoms with E-state index in [1.807, 2.05) is 18.7 Å². The number of ether oxygens (including phenoxy) is 2. The van der Waals surface area contributed by atoms with Gasteiger partial charge in [-0.25, -0.2) is 19.9 Å². The number of hydrogen-bond donors (Lipinski definition) is 2. The molecule has 3 aliphatic rings. The molecule has 5 rings (SSSR count). The van der Waals surface area contributed by atoms with Gasteiger partial charge in [-0.2, -0.15) is 13.2 Å². The van der Waals surface area contributed by atoms with Crippen LogP contribution >= 0.6 is 0 Å². The van der Waals surface area contributed by atoms with E-state index in [0.29, 0.717) is 55.0 Å². The normalized spacial score (nSPS) is 21.7. The Morgan fingerprint density at radius 2 is 1.90 bits per heavy atom. The van der Waals surface area contributed by atoms with Gasteiger partial charge in [0.2, 0.25) is 11.9 Å². The number of morpholine rings is 1. The van der Waals surface area contributed by atoms with E-state index in [1.54, 1.807) is 33.3 Å². The van der Waals surface area contributed by atoms with Gasteiger partial charge in [-0.05, 0) is 40.5 Å². The lowest BCUT2D eigenvalue weighted by atomic mass is 9.87. The summed E-state index contributed by atoms with van der Waals surface area (Å²) < 4.78 is 51.3. The maximum absolute atomic E-state index is 13.7. The molecule has 1 amide bonds. The first-order valence-corrected chi connectivity index (χ1v) is 13.4. The molecule has 0 aliphatic carbocycles. The molecule has 0 radical (unpaired) electrons. The predicted molar refractivity (Wildman–Crippen MR) is 144 cm³/mol. The average molecular weight is 578 g/mol. The van der Waals surface area contributed by atoms with E-state index >= 15 is 0 Å². The van der Waals surface area contributed by atoms with E-state index in [2.05, 4.69) is 25.3 Å². The summed E-state index contributed by atoms with van der Waals surface area (Å²) in [6, 6.07) is -2.35. The number of carbonyl (C=O) groups excluding carboxylic acids is 1. The Kier molecular flexibility index (Phi) is 7.20. The molecule has 12 nitrogen and oxygen atoms in total. The molecule has 3 aliphatic heterocycles. The van der Waals surface area contributed by atoms with Crippen LogP contribution in [-0.2, 0) is 26.3 Å². The lowest BCUT2D eigenvalue weighted by Gasteiger charge is -2.38. The number of fused-ring (bicyclic) bond motifs is 1. The molecule has 2 fully saturated rings. The third-order valence-corrected chi connectivity index (χ3v) is 7.57. The molecule has 2 saturated heterocycles. The number of nitrogens with zero attached hydrogens (tertiary/aromatic N) is 7. The van der Waals surface area contributed by atoms with Crippen molar-refractivity contribution < 1.29 is 27.4 Å². The molecular formula is C26H34F3N9O3. The lowest BCUT2D eigenvalue weighted by Crippen LogP contribution is -2.49. The summed E-state index contributed by atoms with van der Waals surface area (Å²) >= 11 is 0. The number of likely N-dealkylation sites (tertiary alicyclic amines) is 1. The van der Waals surface area contributed by atoms with Crippen LogP contribution in [-0.4, -0.2) is 87.9 Å². The van der Waals surface area contributed by atoms with E-state index in [-0.39, 0.29) is 36.9 Å². The SMILES string of the molecule is CNc1nc(COC(=N)N2CCC[C@H]2C(F)(F)F)nc2c1C(C)(C)C(=O)N2c1cnc(N2CCOC(C)(C)C2)nc1. The molecular weight excluding hydrogens is 543 g/mol. The fourth-order valence-electron chi connectivity index (χ4n) is 5.55. The molecule has 0 aromatic carbocycles. The van der Waals surface area contributed by atoms with Crippen molar-refractivity contribution in [3.63, 3.8) is 0 Å². The van der Waals surface area contributed by atoms with Crippen LogP contribution in [0.15, 0.2) is 12.4 Å². The smallest absolute Gasteiger partial charge is 0.408 e. The van der Waals surface area contributed by atoms with Crippen LogP contribution in [0.4, 0.5) is 36.4 Å². The Hall–Kier alpha value is -3.75. The molecule has 0 saturated carbocycles. The quantitative estimate of drug-likeness (QED) is 0.403. The third-order valence-electron chi connectivity index (χ3n) is 7.57. The van der Waals surface area contributed by atoms with E-state index in [1.165, 1.54) is 4.90 Å². The number of nitrogens with one attached hydrogen (secondary N) is 2. The van der Waals surface area contributed by atoms with Crippen molar-refractivity contribution in [2.24, 2.45) is 0 Å². The number of alkyl halides is 3. The number of halogens is 3. The second-order valence-electron chi connectivity index (χ2n) is 11.5. The van der Waals surface area contributed by atoms with Crippen LogP contribution in [0.3, 0.4) is 0 Å². The summed E-state index contributed by atoms with van der Waals surface area (Å²) in [5.41, 5.74) is -0.378. The first-order chi connectivity index (χ1) is 19.2. The molecule has 0 unspecified atom stereocenters. The zero-order chi connectivity index (χ0) is 29.7. The third kappa shape index (κ3) is 5.34. The monoisotopic (exact) mass is 577 g/mol. The highest BCUT2D eigenvalue weighted by Crippen LogP contribution is 2.47. The molecule has 41 heavy (non-hydrogen) atoms. The van der Waals surface area contributed by atoms with Crippen LogP contribution in [0.5, 0.6) is 0 Å². The number of aromatic nitrogens is 4. The van der Waals surface area contributed by atoms with Gasteiger partial charge in [0.1, 0.15) is 17.7 Å². The molecule has 2 aromatic rings. The Morgan fingerprint density at radius 1 is 1.20 bits per heavy atom. The molecule has 0 spiro atoms. The minimum atomic E-state index is -4.46. The number of rotatable bonds is 5. The van der Waals surface area contributed by atoms with Crippen LogP contribution in [0, 0.1) is 5.41 Å². The minimum Gasteiger partial charge on any atom is -0.457 e. The Morgan fingerprint density at radius 3 is 2.54 bits per heavy atom. The number of amidine groups is 1. The maximum atomic E-state index is 13.7. The van der Waals surface area contributed by atoms with Gasteiger partial charge < -0.3 is 24.6 Å². The van der Waals surface area contributed by atoms with Crippen molar-refractivity contribution in [3.8, 4) is 0 Å². The van der Waals surface area contributed by atoms with E-state index in [4.69, 9.17) is 14.9 Å². The van der Waals surface area contributed by atoms with Crippen molar-refractivity contribution in [1.29, 1.82) is 5.41 Å². The van der Waals surface area contributed by atoms with Crippen molar-refractivity contribution >= 4 is 35.2 Å². The Bertz CT molecular complexity index is 1330. The highest BCUT2D eigenvalue weighted by atomic mass is 19.4. The van der Waals surface area contributed by atoms with Gasteiger partial charge in [0.15, 0.2) is 12.4 Å². The minimum absolute atomic E-state index is 0.0736. The van der Waals surface area contributed by atoms with Crippen molar-refractivity contribution in [1.82, 2.24) is 24.8 Å². The van der Waals surface area contributed by atoms with Gasteiger partial charge in [-0.15, -0.1) is 0 Å². The topological polar surface area (TPSA) is 133 Å². The zero-order valence-electron chi connectivity index (χ0n) is 23.7. The van der Waals surface area contributed by atoms with Gasteiger partial charge in [-0.1, -0.05) is 0 Å². The second-order valence-corrected chi connectivity index (χ2v) is 11.5. The molecule has 0 bridgehead atoms. The van der Waals surface area contributed by atoms with Gasteiger partial charge >= 0.3 is 6.18 Å². The largest absolute Gasteiger partial charge is 0.457 e. The van der Waals surface area contributed by atoms with E-state index in [9.17, 15) is 18.0 Å². The summed E-state index contributed by atoms with van der Waals surface area (Å²) in [4.78, 5) is 36.1. The van der Waals surface area contributed by atoms with Crippen molar-refractivity contribution in [3.05, 3.63) is 23.8 Å². The second kappa shape index (κ2) is 10.3. The number of anilines is 4. The van der Waals surface area contributed by atoms with Gasteiger partial charge in [0.05, 0.1) is 41.3 Å². The highest BCUT2D eigenvalue weighted by Gasteiger charge is 2.49. The summed E-state index contributed by atoms with van der Waals surface area (Å²) in [7, 11) is 1.65. The number of hydrogen-bond acceptors (Lipinski definition) is 10. The number of amides is 1. The van der Waals surface area contributed by atoms with E-state index < -0.39 is 23.7 Å². The van der Waals surface area contributed by atoms with Crippen LogP contribution in [0.2, 0.25) is 0 Å². The fourth-order valence-corrected chi connectivity index (χ4v) is 5.55. The molecule has 2 N–H and O–H groups in total. The molecule has 2 aromatic heterocycles. The van der Waals surface area contributed by atoms with Crippen molar-refractivity contribution in [2.45, 2.75) is 70.4 Å². The van der Waals surface area contributed by atoms with Gasteiger partial charge in [0, 0.05) is 26.7 Å². The van der Waals surface area contributed by atoms with Gasteiger partial charge in [-0.3, -0.25) is 15.1 Å². The first-order valence-electron chi connectivity index (χ1n) is 13.4. The Balaban J connectivity index is 1.41. The maximum Gasteiger partial charge on any atom is 0.408 e. The van der Waals surface area contributed by atoms with Crippen LogP contribution in [0.25, 0.3) is 0 Å². The summed E-state index contributed by atoms with van der Waals surface area (Å²) in [5.74, 6) is 1.02. The zero-order valence-corrected chi connectivity index (χ0v) is 23.7. The standard InChI is InChI=1S/C26H34F3N9O3/c1-24(2)14-36(9-10-41-24)23-32-11-15(12-33-23)38-20-18(25(3,4)21(38)39)19(31-5)34-17(35-20)13-40-22(30)37-8-6-7-16(37)26(27,28)29/h11-12,16,30H,6-10,13-14H2,1-5H3,(H,31,34,35)/t16-/m0/s1. The van der Waals surface area contributed by atoms with Crippen LogP contribution in [0.1, 0.15) is 51.9 Å². The predicted octanol–water partition coefficient (Wildman–Crippen LogP) is 3.36. The molecule has 222 valence electrons. The Labute approximate surface area is 235 Å². The summed E-state index contributed by atoms with van der Waals surface area (Å²) in [6.45, 7) is 9.04. The first kappa shape index (κ1) is 28.8. The van der Waals surface area contributed by atoms with E-state index in [0.717, 1.165) is 4.90 Å².